The highest BCUT2D eigenvalue weighted by Crippen LogP contribution is 2.41. The van der Waals surface area contributed by atoms with Crippen LogP contribution >= 0.6 is 0 Å². The van der Waals surface area contributed by atoms with Crippen LogP contribution in [0.15, 0.2) is 67.0 Å². The average molecular weight is 430 g/mol. The lowest BCUT2D eigenvalue weighted by Crippen LogP contribution is -2.51. The van der Waals surface area contributed by atoms with Crippen LogP contribution in [0.2, 0.25) is 0 Å². The summed E-state index contributed by atoms with van der Waals surface area (Å²) in [7, 11) is 0. The molecule has 1 saturated carbocycles. The summed E-state index contributed by atoms with van der Waals surface area (Å²) >= 11 is 0. The average Bonchev–Trinajstić information content (AvgIpc) is 3.51. The first-order valence-electron chi connectivity index (χ1n) is 10.8. The van der Waals surface area contributed by atoms with Crippen LogP contribution in [0, 0.1) is 17.4 Å². The molecule has 7 nitrogen and oxygen atoms in total. The lowest BCUT2D eigenvalue weighted by Gasteiger charge is -2.29. The minimum Gasteiger partial charge on any atom is -0.457 e. The number of benzene rings is 1. The first-order chi connectivity index (χ1) is 15.6. The van der Waals surface area contributed by atoms with E-state index in [1.165, 1.54) is 0 Å². The van der Waals surface area contributed by atoms with Crippen LogP contribution in [-0.4, -0.2) is 39.6 Å². The fraction of sp³-hybridized carbons (Fsp3) is 0.320. The summed E-state index contributed by atoms with van der Waals surface area (Å²) in [5.74, 6) is 1.34. The van der Waals surface area contributed by atoms with Gasteiger partial charge in [-0.15, -0.1) is 0 Å². The van der Waals surface area contributed by atoms with Crippen molar-refractivity contribution in [2.45, 2.75) is 31.7 Å². The molecule has 0 spiro atoms. The second-order valence-corrected chi connectivity index (χ2v) is 8.24. The van der Waals surface area contributed by atoms with Crippen LogP contribution in [0.1, 0.15) is 36.7 Å². The maximum Gasteiger partial charge on any atom is 0.269 e. The molecule has 1 aromatic carbocycles. The Balaban J connectivity index is 1.54. The number of hydrogen-bond donors (Lipinski definition) is 2. The topological polar surface area (TPSA) is 94.0 Å². The molecule has 2 heterocycles. The Kier molecular flexibility index (Phi) is 6.13. The molecule has 1 aliphatic carbocycles. The molecule has 1 amide bonds. The summed E-state index contributed by atoms with van der Waals surface area (Å²) < 4.78 is 6.01. The number of amides is 1. The number of rotatable bonds is 7. The monoisotopic (exact) mass is 429 g/mol. The van der Waals surface area contributed by atoms with E-state index in [0.29, 0.717) is 41.9 Å². The number of carbonyl (C=O) groups is 1. The second kappa shape index (κ2) is 9.15. The van der Waals surface area contributed by atoms with Gasteiger partial charge in [0.1, 0.15) is 17.2 Å². The van der Waals surface area contributed by atoms with Crippen LogP contribution in [0.3, 0.4) is 0 Å². The molecule has 2 aromatic rings. The summed E-state index contributed by atoms with van der Waals surface area (Å²) in [4.78, 5) is 14.8. The second-order valence-electron chi connectivity index (χ2n) is 8.24. The van der Waals surface area contributed by atoms with Gasteiger partial charge in [-0.1, -0.05) is 37.3 Å². The molecule has 32 heavy (non-hydrogen) atoms. The van der Waals surface area contributed by atoms with Gasteiger partial charge in [-0.2, -0.15) is 10.4 Å². The quantitative estimate of drug-likeness (QED) is 0.391. The zero-order chi connectivity index (χ0) is 22.6. The van der Waals surface area contributed by atoms with E-state index < -0.39 is 0 Å². The predicted molar refractivity (Wildman–Crippen MR) is 122 cm³/mol. The minimum atomic E-state index is -0.338. The molecule has 1 saturated heterocycles. The fourth-order valence-electron chi connectivity index (χ4n) is 4.67. The SMILES string of the molecule is C=C/C(=C\C=C/C)Oc1ccccc1-c1cc(C(=O)NC23CCCC2CN(C#N)C3)[nH]n1. The summed E-state index contributed by atoms with van der Waals surface area (Å²) in [5.41, 5.74) is 1.43. The Morgan fingerprint density at radius 1 is 1.47 bits per heavy atom. The Bertz CT molecular complexity index is 1110. The largest absolute Gasteiger partial charge is 0.457 e. The van der Waals surface area contributed by atoms with Crippen molar-refractivity contribution in [1.82, 2.24) is 20.4 Å². The Morgan fingerprint density at radius 2 is 2.31 bits per heavy atom. The van der Waals surface area contributed by atoms with Gasteiger partial charge in [0.15, 0.2) is 6.19 Å². The molecule has 0 radical (unpaired) electrons. The molecule has 2 fully saturated rings. The summed E-state index contributed by atoms with van der Waals surface area (Å²) in [6.07, 6.45) is 12.5. The highest BCUT2D eigenvalue weighted by molar-refractivity contribution is 5.94. The number of nitrogens with one attached hydrogen (secondary N) is 2. The molecule has 1 aromatic heterocycles. The molecule has 2 atom stereocenters. The van der Waals surface area contributed by atoms with Crippen LogP contribution in [0.4, 0.5) is 0 Å². The molecule has 2 N–H and O–H groups in total. The molecular formula is C25H27N5O2. The molecule has 164 valence electrons. The van der Waals surface area contributed by atoms with Crippen molar-refractivity contribution < 1.29 is 9.53 Å². The van der Waals surface area contributed by atoms with Crippen LogP contribution in [0.25, 0.3) is 11.3 Å². The number of para-hydroxylation sites is 1. The third-order valence-corrected chi connectivity index (χ3v) is 6.24. The van der Waals surface area contributed by atoms with Gasteiger partial charge in [0, 0.05) is 18.0 Å². The standard InChI is InChI=1S/C25H27N5O2/c1-3-5-10-19(4-2)32-23-12-7-6-11-20(23)21-14-22(29-28-21)24(31)27-25-13-8-9-18(25)15-30(16-25)17-26/h3-7,10-12,14,18H,2,8-9,13,15-16H2,1H3,(H,27,31)(H,28,29)/b5-3-,19-10+. The summed E-state index contributed by atoms with van der Waals surface area (Å²) in [6.45, 7) is 7.01. The van der Waals surface area contributed by atoms with E-state index >= 15 is 0 Å². The Morgan fingerprint density at radius 3 is 3.09 bits per heavy atom. The van der Waals surface area contributed by atoms with Gasteiger partial charge in [-0.3, -0.25) is 9.89 Å². The smallest absolute Gasteiger partial charge is 0.269 e. The van der Waals surface area contributed by atoms with E-state index in [1.807, 2.05) is 49.4 Å². The van der Waals surface area contributed by atoms with Gasteiger partial charge in [0.05, 0.1) is 17.8 Å². The lowest BCUT2D eigenvalue weighted by atomic mass is 9.90. The molecule has 2 unspecified atom stereocenters. The van der Waals surface area contributed by atoms with Gasteiger partial charge in [-0.05, 0) is 50.1 Å². The van der Waals surface area contributed by atoms with Crippen molar-refractivity contribution in [2.75, 3.05) is 13.1 Å². The van der Waals surface area contributed by atoms with Gasteiger partial charge in [0.2, 0.25) is 0 Å². The highest BCUT2D eigenvalue weighted by Gasteiger charge is 2.50. The maximum absolute atomic E-state index is 13.1. The molecule has 0 bridgehead atoms. The number of likely N-dealkylation sites (tertiary alicyclic amines) is 1. The number of nitriles is 1. The van der Waals surface area contributed by atoms with E-state index in [2.05, 4.69) is 28.3 Å². The molecular weight excluding hydrogens is 402 g/mol. The first-order valence-corrected chi connectivity index (χ1v) is 10.8. The number of ether oxygens (including phenoxy) is 1. The Hall–Kier alpha value is -3.79. The maximum atomic E-state index is 13.1. The lowest BCUT2D eigenvalue weighted by molar-refractivity contribution is 0.0886. The van der Waals surface area contributed by atoms with Crippen molar-refractivity contribution in [3.05, 3.63) is 72.7 Å². The molecule has 7 heteroatoms. The van der Waals surface area contributed by atoms with E-state index in [-0.39, 0.29) is 11.4 Å². The fourth-order valence-corrected chi connectivity index (χ4v) is 4.67. The van der Waals surface area contributed by atoms with Crippen molar-refractivity contribution in [3.8, 4) is 23.2 Å². The Labute approximate surface area is 188 Å². The molecule has 1 aliphatic heterocycles. The molecule has 4 rings (SSSR count). The van der Waals surface area contributed by atoms with E-state index in [1.54, 1.807) is 17.0 Å². The van der Waals surface area contributed by atoms with Crippen molar-refractivity contribution in [3.63, 3.8) is 0 Å². The number of fused-ring (bicyclic) bond motifs is 1. The van der Waals surface area contributed by atoms with Crippen molar-refractivity contribution in [1.29, 1.82) is 5.26 Å². The normalized spacial score (nSPS) is 22.6. The molecule has 2 aliphatic rings. The highest BCUT2D eigenvalue weighted by atomic mass is 16.5. The van der Waals surface area contributed by atoms with Gasteiger partial charge in [-0.25, -0.2) is 0 Å². The number of aromatic nitrogens is 2. The predicted octanol–water partition coefficient (Wildman–Crippen LogP) is 4.17. The van der Waals surface area contributed by atoms with Crippen LogP contribution < -0.4 is 10.1 Å². The minimum absolute atomic E-state index is 0.200. The number of H-pyrrole nitrogens is 1. The zero-order valence-electron chi connectivity index (χ0n) is 18.2. The first kappa shape index (κ1) is 21.4. The summed E-state index contributed by atoms with van der Waals surface area (Å²) in [6, 6.07) is 9.27. The van der Waals surface area contributed by atoms with E-state index in [0.717, 1.165) is 24.8 Å². The third kappa shape index (κ3) is 4.17. The zero-order valence-corrected chi connectivity index (χ0v) is 18.2. The van der Waals surface area contributed by atoms with Crippen LogP contribution in [0.5, 0.6) is 5.75 Å². The number of carbonyl (C=O) groups excluding carboxylic acids is 1. The third-order valence-electron chi connectivity index (χ3n) is 6.24. The van der Waals surface area contributed by atoms with Gasteiger partial charge < -0.3 is 15.0 Å². The van der Waals surface area contributed by atoms with E-state index in [9.17, 15) is 10.1 Å². The van der Waals surface area contributed by atoms with Crippen LogP contribution in [-0.2, 0) is 0 Å². The van der Waals surface area contributed by atoms with Crippen molar-refractivity contribution in [2.24, 2.45) is 5.92 Å². The van der Waals surface area contributed by atoms with Gasteiger partial charge in [0.25, 0.3) is 5.91 Å². The van der Waals surface area contributed by atoms with E-state index in [4.69, 9.17) is 4.74 Å². The number of hydrogen-bond acceptors (Lipinski definition) is 5. The summed E-state index contributed by atoms with van der Waals surface area (Å²) in [5, 5.41) is 19.7. The number of nitrogens with zero attached hydrogens (tertiary/aromatic N) is 3. The van der Waals surface area contributed by atoms with Gasteiger partial charge >= 0.3 is 0 Å². The van der Waals surface area contributed by atoms with Crippen molar-refractivity contribution >= 4 is 5.91 Å². The number of aromatic amines is 1. The number of allylic oxidation sites excluding steroid dienone is 4.